The Morgan fingerprint density at radius 1 is 1.06 bits per heavy atom. The van der Waals surface area contributed by atoms with Crippen LogP contribution in [0.1, 0.15) is 35.2 Å². The number of nitrogens with zero attached hydrogens (tertiary/aromatic N) is 1. The summed E-state index contributed by atoms with van der Waals surface area (Å²) in [5.74, 6) is 1.08. The Labute approximate surface area is 206 Å². The highest BCUT2D eigenvalue weighted by Gasteiger charge is 2.33. The largest absolute Gasteiger partial charge is 0.493 e. The molecule has 0 saturated heterocycles. The van der Waals surface area contributed by atoms with E-state index in [0.29, 0.717) is 18.0 Å². The van der Waals surface area contributed by atoms with Crippen LogP contribution in [-0.4, -0.2) is 37.7 Å². The van der Waals surface area contributed by atoms with E-state index in [0.717, 1.165) is 40.9 Å². The minimum atomic E-state index is -0.268. The molecular formula is C28H32FN3O3. The molecule has 0 aromatic heterocycles. The number of aryl methyl sites for hydroxylation is 1. The Morgan fingerprint density at radius 3 is 2.37 bits per heavy atom. The van der Waals surface area contributed by atoms with Crippen molar-refractivity contribution in [2.75, 3.05) is 26.1 Å². The number of carbonyl (C=O) groups is 1. The van der Waals surface area contributed by atoms with Crippen LogP contribution in [0.4, 0.5) is 14.9 Å². The maximum absolute atomic E-state index is 13.5. The number of amides is 2. The molecule has 0 radical (unpaired) electrons. The van der Waals surface area contributed by atoms with Crippen molar-refractivity contribution in [1.82, 2.24) is 10.2 Å². The van der Waals surface area contributed by atoms with E-state index < -0.39 is 0 Å². The van der Waals surface area contributed by atoms with Crippen LogP contribution >= 0.6 is 0 Å². The summed E-state index contributed by atoms with van der Waals surface area (Å²) in [6.45, 7) is 5.43. The zero-order chi connectivity index (χ0) is 24.9. The summed E-state index contributed by atoms with van der Waals surface area (Å²) in [6.07, 6.45) is 0.829. The number of benzene rings is 3. The summed E-state index contributed by atoms with van der Waals surface area (Å²) < 4.78 is 24.6. The van der Waals surface area contributed by atoms with Gasteiger partial charge in [0.2, 0.25) is 0 Å². The van der Waals surface area contributed by atoms with Crippen molar-refractivity contribution >= 4 is 11.7 Å². The van der Waals surface area contributed by atoms with Crippen LogP contribution in [0.5, 0.6) is 11.5 Å². The first-order valence-corrected chi connectivity index (χ1v) is 11.8. The summed E-state index contributed by atoms with van der Waals surface area (Å²) >= 11 is 0. The van der Waals surface area contributed by atoms with Crippen LogP contribution in [0.25, 0.3) is 0 Å². The predicted octanol–water partition coefficient (Wildman–Crippen LogP) is 5.46. The van der Waals surface area contributed by atoms with E-state index in [1.807, 2.05) is 50.2 Å². The Balaban J connectivity index is 1.61. The van der Waals surface area contributed by atoms with Gasteiger partial charge in [0.05, 0.1) is 20.3 Å². The summed E-state index contributed by atoms with van der Waals surface area (Å²) in [5.41, 5.74) is 5.12. The van der Waals surface area contributed by atoms with Gasteiger partial charge in [0.15, 0.2) is 11.5 Å². The Hall–Kier alpha value is -3.58. The standard InChI is InChI=1S/C28H32FN3O3/c1-18-5-11-23(12-6-18)31-28(33)30-19(2)27-24-16-26(35-4)25(34-3)15-21(24)13-14-32(27)17-20-7-9-22(29)10-8-20/h5-12,15-16,19,27H,13-14,17H2,1-4H3,(H2,30,31,33)/t19-,27+/m1/s1. The number of carbonyl (C=O) groups excluding carboxylic acids is 1. The van der Waals surface area contributed by atoms with Crippen molar-refractivity contribution in [3.8, 4) is 11.5 Å². The van der Waals surface area contributed by atoms with Crippen LogP contribution in [0, 0.1) is 12.7 Å². The van der Waals surface area contributed by atoms with Gasteiger partial charge in [-0.3, -0.25) is 4.90 Å². The van der Waals surface area contributed by atoms with Crippen LogP contribution in [-0.2, 0) is 13.0 Å². The molecule has 2 amide bonds. The van der Waals surface area contributed by atoms with Crippen molar-refractivity contribution in [2.45, 2.75) is 38.9 Å². The molecular weight excluding hydrogens is 445 g/mol. The molecule has 0 fully saturated rings. The number of nitrogens with one attached hydrogen (secondary N) is 2. The number of halogens is 1. The minimum absolute atomic E-state index is 0.118. The van der Waals surface area contributed by atoms with Crippen molar-refractivity contribution in [3.05, 3.63) is 88.7 Å². The fraction of sp³-hybridized carbons (Fsp3) is 0.321. The predicted molar refractivity (Wildman–Crippen MR) is 136 cm³/mol. The average Bonchev–Trinajstić information content (AvgIpc) is 2.85. The number of fused-ring (bicyclic) bond motifs is 1. The molecule has 3 aromatic rings. The second kappa shape index (κ2) is 10.8. The molecule has 1 aliphatic heterocycles. The Kier molecular flexibility index (Phi) is 7.56. The highest BCUT2D eigenvalue weighted by molar-refractivity contribution is 5.89. The van der Waals surface area contributed by atoms with Gasteiger partial charge < -0.3 is 20.1 Å². The SMILES string of the molecule is COc1cc2c(cc1OC)[C@H]([C@@H](C)NC(=O)Nc1ccc(C)cc1)N(Cc1ccc(F)cc1)CC2. The lowest BCUT2D eigenvalue weighted by Gasteiger charge is -2.41. The third-order valence-corrected chi connectivity index (χ3v) is 6.47. The number of anilines is 1. The Bertz CT molecular complexity index is 1170. The second-order valence-electron chi connectivity index (χ2n) is 8.95. The molecule has 2 N–H and O–H groups in total. The summed E-state index contributed by atoms with van der Waals surface area (Å²) in [4.78, 5) is 15.2. The number of hydrogen-bond donors (Lipinski definition) is 2. The highest BCUT2D eigenvalue weighted by Crippen LogP contribution is 2.40. The van der Waals surface area contributed by atoms with Gasteiger partial charge in [-0.25, -0.2) is 9.18 Å². The van der Waals surface area contributed by atoms with Crippen LogP contribution in [0.2, 0.25) is 0 Å². The first-order valence-electron chi connectivity index (χ1n) is 11.8. The molecule has 2 atom stereocenters. The van der Waals surface area contributed by atoms with Crippen molar-refractivity contribution in [2.24, 2.45) is 0 Å². The Morgan fingerprint density at radius 2 is 1.71 bits per heavy atom. The average molecular weight is 478 g/mol. The molecule has 6 nitrogen and oxygen atoms in total. The molecule has 1 heterocycles. The third kappa shape index (κ3) is 5.74. The zero-order valence-corrected chi connectivity index (χ0v) is 20.6. The molecule has 0 unspecified atom stereocenters. The first-order chi connectivity index (χ1) is 16.9. The minimum Gasteiger partial charge on any atom is -0.493 e. The third-order valence-electron chi connectivity index (χ3n) is 6.47. The molecule has 1 aliphatic rings. The van der Waals surface area contributed by atoms with E-state index >= 15 is 0 Å². The quantitative estimate of drug-likeness (QED) is 0.474. The maximum atomic E-state index is 13.5. The van der Waals surface area contributed by atoms with Crippen molar-refractivity contribution in [1.29, 1.82) is 0 Å². The smallest absolute Gasteiger partial charge is 0.319 e. The van der Waals surface area contributed by atoms with Crippen molar-refractivity contribution in [3.63, 3.8) is 0 Å². The van der Waals surface area contributed by atoms with E-state index in [1.165, 1.54) is 12.1 Å². The van der Waals surface area contributed by atoms with Gasteiger partial charge in [0, 0.05) is 24.8 Å². The van der Waals surface area contributed by atoms with E-state index in [1.54, 1.807) is 26.4 Å². The van der Waals surface area contributed by atoms with Gasteiger partial charge in [-0.1, -0.05) is 29.8 Å². The lowest BCUT2D eigenvalue weighted by Crippen LogP contribution is -2.48. The van der Waals surface area contributed by atoms with E-state index in [2.05, 4.69) is 15.5 Å². The van der Waals surface area contributed by atoms with Gasteiger partial charge in [-0.15, -0.1) is 0 Å². The van der Waals surface area contributed by atoms with E-state index in [4.69, 9.17) is 9.47 Å². The van der Waals surface area contributed by atoms with Crippen LogP contribution < -0.4 is 20.1 Å². The fourth-order valence-corrected chi connectivity index (χ4v) is 4.71. The normalized spacial score (nSPS) is 16.2. The topological polar surface area (TPSA) is 62.8 Å². The monoisotopic (exact) mass is 477 g/mol. The van der Waals surface area contributed by atoms with Gasteiger partial charge in [0.25, 0.3) is 0 Å². The van der Waals surface area contributed by atoms with Crippen molar-refractivity contribution < 1.29 is 18.7 Å². The summed E-state index contributed by atoms with van der Waals surface area (Å²) in [6, 6.07) is 17.7. The van der Waals surface area contributed by atoms with Gasteiger partial charge >= 0.3 is 6.03 Å². The zero-order valence-electron chi connectivity index (χ0n) is 20.6. The summed E-state index contributed by atoms with van der Waals surface area (Å²) in [7, 11) is 3.25. The number of rotatable bonds is 7. The van der Waals surface area contributed by atoms with Gasteiger partial charge in [-0.05, 0) is 73.4 Å². The van der Waals surface area contributed by atoms with Crippen LogP contribution in [0.15, 0.2) is 60.7 Å². The summed E-state index contributed by atoms with van der Waals surface area (Å²) in [5, 5.41) is 6.04. The van der Waals surface area contributed by atoms with Gasteiger partial charge in [-0.2, -0.15) is 0 Å². The van der Waals surface area contributed by atoms with Crippen LogP contribution in [0.3, 0.4) is 0 Å². The molecule has 3 aromatic carbocycles. The molecule has 0 bridgehead atoms. The fourth-order valence-electron chi connectivity index (χ4n) is 4.71. The molecule has 7 heteroatoms. The molecule has 0 spiro atoms. The maximum Gasteiger partial charge on any atom is 0.319 e. The number of methoxy groups -OCH3 is 2. The molecule has 0 saturated carbocycles. The lowest BCUT2D eigenvalue weighted by atomic mass is 9.87. The second-order valence-corrected chi connectivity index (χ2v) is 8.95. The van der Waals surface area contributed by atoms with E-state index in [-0.39, 0.29) is 23.9 Å². The molecule has 4 rings (SSSR count). The number of hydrogen-bond acceptors (Lipinski definition) is 4. The lowest BCUT2D eigenvalue weighted by molar-refractivity contribution is 0.144. The molecule has 0 aliphatic carbocycles. The first kappa shape index (κ1) is 24.5. The van der Waals surface area contributed by atoms with Gasteiger partial charge in [0.1, 0.15) is 5.82 Å². The highest BCUT2D eigenvalue weighted by atomic mass is 19.1. The number of urea groups is 1. The molecule has 35 heavy (non-hydrogen) atoms. The van der Waals surface area contributed by atoms with E-state index in [9.17, 15) is 9.18 Å². The molecule has 184 valence electrons. The number of ether oxygens (including phenoxy) is 2.